The Kier molecular flexibility index (Phi) is 4.95. The molecule has 1 amide bonds. The number of hydrogen-bond donors (Lipinski definition) is 2. The maximum atomic E-state index is 11.9. The molecule has 2 N–H and O–H groups in total. The van der Waals surface area contributed by atoms with Crippen molar-refractivity contribution in [2.24, 2.45) is 0 Å². The third-order valence-corrected chi connectivity index (χ3v) is 3.75. The number of aliphatic carboxylic acids is 1. The third-order valence-electron chi connectivity index (χ3n) is 3.75. The molecule has 1 aliphatic heterocycles. The van der Waals surface area contributed by atoms with Gasteiger partial charge in [-0.05, 0) is 19.4 Å². The molecule has 0 radical (unpaired) electrons. The number of carbonyl (C=O) groups is 2. The van der Waals surface area contributed by atoms with Crippen molar-refractivity contribution in [2.75, 3.05) is 13.1 Å². The maximum Gasteiger partial charge on any atom is 0.305 e. The van der Waals surface area contributed by atoms with Gasteiger partial charge in [0.2, 0.25) is 5.91 Å². The van der Waals surface area contributed by atoms with Gasteiger partial charge in [-0.2, -0.15) is 5.10 Å². The van der Waals surface area contributed by atoms with E-state index >= 15 is 0 Å². The van der Waals surface area contributed by atoms with E-state index in [2.05, 4.69) is 10.4 Å². The quantitative estimate of drug-likeness (QED) is 0.785. The lowest BCUT2D eigenvalue weighted by Gasteiger charge is -2.34. The number of amides is 1. The fraction of sp³-hybridized carbons (Fsp3) is 0.643. The molecule has 116 valence electrons. The van der Waals surface area contributed by atoms with Gasteiger partial charge in [-0.1, -0.05) is 6.92 Å². The molecular weight excluding hydrogens is 272 g/mol. The number of carbonyl (C=O) groups excluding carboxylic acids is 1. The molecule has 1 unspecified atom stereocenters. The van der Waals surface area contributed by atoms with Gasteiger partial charge in [-0.3, -0.25) is 19.2 Å². The molecule has 7 nitrogen and oxygen atoms in total. The molecule has 0 aliphatic carbocycles. The molecule has 1 aromatic rings. The molecule has 0 spiro atoms. The summed E-state index contributed by atoms with van der Waals surface area (Å²) in [7, 11) is 0. The molecule has 1 saturated heterocycles. The van der Waals surface area contributed by atoms with Crippen molar-refractivity contribution in [1.29, 1.82) is 0 Å². The molecule has 0 saturated carbocycles. The Morgan fingerprint density at radius 3 is 2.90 bits per heavy atom. The van der Waals surface area contributed by atoms with Gasteiger partial charge >= 0.3 is 5.97 Å². The number of piperazine rings is 1. The van der Waals surface area contributed by atoms with E-state index < -0.39 is 12.0 Å². The molecule has 0 bridgehead atoms. The standard InChI is InChI=1S/C14H22N4O3/c1-3-10-7-11(18(4-2)16-10)9-17-6-5-15-14(21)12(17)8-13(19)20/h7,12H,3-6,8-9H2,1-2H3,(H,15,21)(H,19,20). The first kappa shape index (κ1) is 15.5. The van der Waals surface area contributed by atoms with Gasteiger partial charge in [-0.15, -0.1) is 0 Å². The summed E-state index contributed by atoms with van der Waals surface area (Å²) in [6.07, 6.45) is 0.686. The first-order chi connectivity index (χ1) is 10.0. The number of aromatic nitrogens is 2. The van der Waals surface area contributed by atoms with Crippen LogP contribution in [-0.2, 0) is 29.1 Å². The average molecular weight is 294 g/mol. The first-order valence-corrected chi connectivity index (χ1v) is 7.34. The van der Waals surface area contributed by atoms with Crippen LogP contribution in [0.1, 0.15) is 31.7 Å². The summed E-state index contributed by atoms with van der Waals surface area (Å²) in [4.78, 5) is 24.8. The highest BCUT2D eigenvalue weighted by atomic mass is 16.4. The second kappa shape index (κ2) is 6.71. The van der Waals surface area contributed by atoms with Crippen LogP contribution in [0.4, 0.5) is 0 Å². The summed E-state index contributed by atoms with van der Waals surface area (Å²) in [5, 5.41) is 16.2. The first-order valence-electron chi connectivity index (χ1n) is 7.34. The van der Waals surface area contributed by atoms with Crippen LogP contribution in [0.5, 0.6) is 0 Å². The number of hydrogen-bond acceptors (Lipinski definition) is 4. The molecule has 1 fully saturated rings. The Bertz CT molecular complexity index is 526. The van der Waals surface area contributed by atoms with Crippen molar-refractivity contribution in [2.45, 2.75) is 45.8 Å². The third kappa shape index (κ3) is 3.60. The number of nitrogens with zero attached hydrogens (tertiary/aromatic N) is 3. The highest BCUT2D eigenvalue weighted by Gasteiger charge is 2.32. The normalized spacial score (nSPS) is 19.5. The van der Waals surface area contributed by atoms with Crippen molar-refractivity contribution >= 4 is 11.9 Å². The largest absolute Gasteiger partial charge is 0.481 e. The minimum absolute atomic E-state index is 0.174. The molecule has 1 aromatic heterocycles. The smallest absolute Gasteiger partial charge is 0.305 e. The van der Waals surface area contributed by atoms with Crippen LogP contribution < -0.4 is 5.32 Å². The summed E-state index contributed by atoms with van der Waals surface area (Å²) in [5.41, 5.74) is 2.04. The second-order valence-corrected chi connectivity index (χ2v) is 5.17. The van der Waals surface area contributed by atoms with Crippen molar-refractivity contribution in [3.63, 3.8) is 0 Å². The van der Waals surface area contributed by atoms with Gasteiger partial charge < -0.3 is 10.4 Å². The van der Waals surface area contributed by atoms with E-state index in [0.29, 0.717) is 19.6 Å². The lowest BCUT2D eigenvalue weighted by Crippen LogP contribution is -2.55. The van der Waals surface area contributed by atoms with Gasteiger partial charge in [0, 0.05) is 26.2 Å². The molecule has 0 aromatic carbocycles. The van der Waals surface area contributed by atoms with E-state index in [-0.39, 0.29) is 12.3 Å². The number of carboxylic acid groups (broad SMARTS) is 1. The Labute approximate surface area is 123 Å². The Balaban J connectivity index is 2.17. The van der Waals surface area contributed by atoms with E-state index in [4.69, 9.17) is 5.11 Å². The van der Waals surface area contributed by atoms with E-state index in [1.54, 1.807) is 0 Å². The molecule has 2 rings (SSSR count). The Morgan fingerprint density at radius 1 is 1.52 bits per heavy atom. The van der Waals surface area contributed by atoms with Gasteiger partial charge in [0.05, 0.1) is 17.8 Å². The maximum absolute atomic E-state index is 11.9. The number of nitrogens with one attached hydrogen (secondary N) is 1. The zero-order valence-corrected chi connectivity index (χ0v) is 12.5. The van der Waals surface area contributed by atoms with Crippen LogP contribution in [0.2, 0.25) is 0 Å². The van der Waals surface area contributed by atoms with Gasteiger partial charge in [0.15, 0.2) is 0 Å². The monoisotopic (exact) mass is 294 g/mol. The molecule has 1 aliphatic rings. The van der Waals surface area contributed by atoms with Crippen LogP contribution in [-0.4, -0.2) is 50.8 Å². The van der Waals surface area contributed by atoms with Crippen LogP contribution in [0.15, 0.2) is 6.07 Å². The van der Waals surface area contributed by atoms with E-state index in [1.165, 1.54) is 0 Å². The van der Waals surface area contributed by atoms with Gasteiger partial charge in [-0.25, -0.2) is 0 Å². The zero-order chi connectivity index (χ0) is 15.4. The minimum atomic E-state index is -0.958. The van der Waals surface area contributed by atoms with Crippen molar-refractivity contribution in [1.82, 2.24) is 20.0 Å². The summed E-state index contributed by atoms with van der Waals surface area (Å²) >= 11 is 0. The number of rotatable bonds is 6. The number of aryl methyl sites for hydroxylation is 2. The van der Waals surface area contributed by atoms with E-state index in [9.17, 15) is 9.59 Å². The average Bonchev–Trinajstić information content (AvgIpc) is 2.84. The van der Waals surface area contributed by atoms with Crippen molar-refractivity contribution in [3.05, 3.63) is 17.5 Å². The predicted molar refractivity (Wildman–Crippen MR) is 76.7 cm³/mol. The lowest BCUT2D eigenvalue weighted by atomic mass is 10.1. The molecule has 7 heteroatoms. The fourth-order valence-corrected chi connectivity index (χ4v) is 2.64. The fourth-order valence-electron chi connectivity index (χ4n) is 2.64. The van der Waals surface area contributed by atoms with Crippen LogP contribution in [0.25, 0.3) is 0 Å². The minimum Gasteiger partial charge on any atom is -0.481 e. The molecule has 2 heterocycles. The zero-order valence-electron chi connectivity index (χ0n) is 12.5. The predicted octanol–water partition coefficient (Wildman–Crippen LogP) is 0.241. The summed E-state index contributed by atoms with van der Waals surface area (Å²) in [6.45, 7) is 6.59. The number of carboxylic acids is 1. The van der Waals surface area contributed by atoms with Crippen LogP contribution in [0, 0.1) is 0 Å². The second-order valence-electron chi connectivity index (χ2n) is 5.17. The highest BCUT2D eigenvalue weighted by molar-refractivity contribution is 5.86. The summed E-state index contributed by atoms with van der Waals surface area (Å²) in [5.74, 6) is -1.16. The Morgan fingerprint density at radius 2 is 2.29 bits per heavy atom. The van der Waals surface area contributed by atoms with E-state index in [0.717, 1.165) is 24.4 Å². The van der Waals surface area contributed by atoms with Gasteiger partial charge in [0.1, 0.15) is 6.04 Å². The highest BCUT2D eigenvalue weighted by Crippen LogP contribution is 2.15. The molecule has 21 heavy (non-hydrogen) atoms. The summed E-state index contributed by atoms with van der Waals surface area (Å²) in [6, 6.07) is 1.43. The van der Waals surface area contributed by atoms with Gasteiger partial charge in [0.25, 0.3) is 0 Å². The lowest BCUT2D eigenvalue weighted by molar-refractivity contribution is -0.143. The SMILES string of the molecule is CCc1cc(CN2CCNC(=O)C2CC(=O)O)n(CC)n1. The summed E-state index contributed by atoms with van der Waals surface area (Å²) < 4.78 is 1.92. The molecular formula is C14H22N4O3. The van der Waals surface area contributed by atoms with E-state index in [1.807, 2.05) is 29.5 Å². The van der Waals surface area contributed by atoms with Crippen LogP contribution >= 0.6 is 0 Å². The Hall–Kier alpha value is -1.89. The topological polar surface area (TPSA) is 87.5 Å². The van der Waals surface area contributed by atoms with Crippen molar-refractivity contribution < 1.29 is 14.7 Å². The van der Waals surface area contributed by atoms with Crippen LogP contribution in [0.3, 0.4) is 0 Å². The van der Waals surface area contributed by atoms with Crippen molar-refractivity contribution in [3.8, 4) is 0 Å². The molecule has 1 atom stereocenters.